The van der Waals surface area contributed by atoms with E-state index in [2.05, 4.69) is 15.2 Å². The predicted octanol–water partition coefficient (Wildman–Crippen LogP) is 0.907. The lowest BCUT2D eigenvalue weighted by molar-refractivity contribution is 0.187. The van der Waals surface area contributed by atoms with E-state index in [9.17, 15) is 4.79 Å². The van der Waals surface area contributed by atoms with Crippen molar-refractivity contribution in [3.8, 4) is 0 Å². The van der Waals surface area contributed by atoms with Crippen molar-refractivity contribution in [2.75, 3.05) is 12.4 Å². The number of hydrogen-bond acceptors (Lipinski definition) is 3. The number of nitrogens with zero attached hydrogens (tertiary/aromatic N) is 2. The monoisotopic (exact) mass is 169 g/mol. The van der Waals surface area contributed by atoms with Gasteiger partial charge in [-0.25, -0.2) is 4.79 Å². The Hall–Kier alpha value is -1.52. The third kappa shape index (κ3) is 1.55. The van der Waals surface area contributed by atoms with Gasteiger partial charge in [0.05, 0.1) is 24.7 Å². The normalized spacial score (nSPS) is 9.58. The van der Waals surface area contributed by atoms with Crippen LogP contribution in [0.1, 0.15) is 5.69 Å². The van der Waals surface area contributed by atoms with E-state index in [1.165, 1.54) is 7.11 Å². The van der Waals surface area contributed by atoms with Crippen molar-refractivity contribution in [2.24, 2.45) is 7.05 Å². The average molecular weight is 169 g/mol. The van der Waals surface area contributed by atoms with Crippen LogP contribution in [0.2, 0.25) is 0 Å². The number of nitrogens with one attached hydrogen (secondary N) is 1. The second kappa shape index (κ2) is 3.25. The van der Waals surface area contributed by atoms with E-state index in [1.54, 1.807) is 17.9 Å². The molecule has 0 aromatic carbocycles. The summed E-state index contributed by atoms with van der Waals surface area (Å²) in [4.78, 5) is 10.8. The van der Waals surface area contributed by atoms with Crippen LogP contribution in [-0.4, -0.2) is 23.0 Å². The number of rotatable bonds is 1. The molecular weight excluding hydrogens is 158 g/mol. The zero-order valence-electron chi connectivity index (χ0n) is 7.29. The minimum atomic E-state index is -0.480. The summed E-state index contributed by atoms with van der Waals surface area (Å²) in [5.74, 6) is 0. The van der Waals surface area contributed by atoms with Crippen molar-refractivity contribution in [1.82, 2.24) is 9.78 Å². The number of amides is 1. The van der Waals surface area contributed by atoms with Crippen LogP contribution in [0.25, 0.3) is 0 Å². The average Bonchev–Trinajstić information content (AvgIpc) is 2.36. The van der Waals surface area contributed by atoms with Gasteiger partial charge in [0, 0.05) is 7.05 Å². The molecule has 0 unspecified atom stereocenters. The van der Waals surface area contributed by atoms with Gasteiger partial charge in [-0.3, -0.25) is 10.00 Å². The molecule has 5 heteroatoms. The van der Waals surface area contributed by atoms with Crippen LogP contribution in [0.5, 0.6) is 0 Å². The number of methoxy groups -OCH3 is 1. The first kappa shape index (κ1) is 8.58. The fourth-order valence-electron chi connectivity index (χ4n) is 0.782. The zero-order chi connectivity index (χ0) is 9.14. The third-order valence-corrected chi connectivity index (χ3v) is 1.66. The second-order valence-corrected chi connectivity index (χ2v) is 2.38. The van der Waals surface area contributed by atoms with Gasteiger partial charge in [-0.1, -0.05) is 0 Å². The van der Waals surface area contributed by atoms with Gasteiger partial charge < -0.3 is 4.74 Å². The van der Waals surface area contributed by atoms with Crippen molar-refractivity contribution >= 4 is 11.8 Å². The van der Waals surface area contributed by atoms with E-state index in [1.807, 2.05) is 6.92 Å². The molecule has 1 aromatic heterocycles. The van der Waals surface area contributed by atoms with E-state index >= 15 is 0 Å². The smallest absolute Gasteiger partial charge is 0.411 e. The highest BCUT2D eigenvalue weighted by Gasteiger charge is 2.06. The molecule has 0 saturated carbocycles. The van der Waals surface area contributed by atoms with Crippen molar-refractivity contribution in [1.29, 1.82) is 0 Å². The van der Waals surface area contributed by atoms with E-state index in [0.29, 0.717) is 5.69 Å². The van der Waals surface area contributed by atoms with Crippen LogP contribution < -0.4 is 5.32 Å². The Kier molecular flexibility index (Phi) is 2.32. The second-order valence-electron chi connectivity index (χ2n) is 2.38. The van der Waals surface area contributed by atoms with Gasteiger partial charge in [0.15, 0.2) is 0 Å². The Morgan fingerprint density at radius 3 is 2.83 bits per heavy atom. The van der Waals surface area contributed by atoms with Gasteiger partial charge in [0.25, 0.3) is 0 Å². The van der Waals surface area contributed by atoms with E-state index < -0.39 is 6.09 Å². The molecular formula is C7H11N3O2. The van der Waals surface area contributed by atoms with Crippen LogP contribution in [0.4, 0.5) is 10.5 Å². The first-order chi connectivity index (χ1) is 5.65. The topological polar surface area (TPSA) is 56.1 Å². The number of anilines is 1. The number of aromatic nitrogens is 2. The number of aryl methyl sites for hydroxylation is 1. The van der Waals surface area contributed by atoms with Crippen molar-refractivity contribution in [2.45, 2.75) is 6.92 Å². The number of hydrogen-bond donors (Lipinski definition) is 1. The van der Waals surface area contributed by atoms with Crippen molar-refractivity contribution < 1.29 is 9.53 Å². The van der Waals surface area contributed by atoms with Gasteiger partial charge in [-0.2, -0.15) is 5.10 Å². The highest BCUT2D eigenvalue weighted by atomic mass is 16.5. The van der Waals surface area contributed by atoms with Gasteiger partial charge in [-0.05, 0) is 6.92 Å². The highest BCUT2D eigenvalue weighted by molar-refractivity contribution is 5.84. The summed E-state index contributed by atoms with van der Waals surface area (Å²) in [5.41, 5.74) is 1.56. The summed E-state index contributed by atoms with van der Waals surface area (Å²) in [5, 5.41) is 6.49. The first-order valence-corrected chi connectivity index (χ1v) is 3.48. The van der Waals surface area contributed by atoms with Crippen molar-refractivity contribution in [3.63, 3.8) is 0 Å². The molecule has 5 nitrogen and oxygen atoms in total. The lowest BCUT2D eigenvalue weighted by Gasteiger charge is -2.01. The van der Waals surface area contributed by atoms with Gasteiger partial charge in [0.1, 0.15) is 0 Å². The van der Waals surface area contributed by atoms with Gasteiger partial charge >= 0.3 is 6.09 Å². The molecule has 0 aliphatic heterocycles. The fraction of sp³-hybridized carbons (Fsp3) is 0.429. The molecule has 1 amide bonds. The molecule has 0 bridgehead atoms. The fourth-order valence-corrected chi connectivity index (χ4v) is 0.782. The maximum absolute atomic E-state index is 10.8. The maximum Gasteiger partial charge on any atom is 0.411 e. The van der Waals surface area contributed by atoms with E-state index in [4.69, 9.17) is 0 Å². The maximum atomic E-state index is 10.8. The highest BCUT2D eigenvalue weighted by Crippen LogP contribution is 2.11. The molecule has 0 spiro atoms. The Bertz CT molecular complexity index is 293. The lowest BCUT2D eigenvalue weighted by Crippen LogP contribution is -2.11. The summed E-state index contributed by atoms with van der Waals surface area (Å²) < 4.78 is 6.10. The van der Waals surface area contributed by atoms with Crippen LogP contribution in [0.3, 0.4) is 0 Å². The molecule has 1 heterocycles. The summed E-state index contributed by atoms with van der Waals surface area (Å²) in [6.45, 7) is 1.86. The number of ether oxygens (including phenoxy) is 1. The number of carbonyl (C=O) groups excluding carboxylic acids is 1. The first-order valence-electron chi connectivity index (χ1n) is 3.48. The van der Waals surface area contributed by atoms with Crippen LogP contribution in [-0.2, 0) is 11.8 Å². The molecule has 66 valence electrons. The predicted molar refractivity (Wildman–Crippen MR) is 44.0 cm³/mol. The van der Waals surface area contributed by atoms with Gasteiger partial charge in [0.2, 0.25) is 0 Å². The van der Waals surface area contributed by atoms with Crippen molar-refractivity contribution in [3.05, 3.63) is 11.9 Å². The minimum Gasteiger partial charge on any atom is -0.453 e. The summed E-state index contributed by atoms with van der Waals surface area (Å²) in [6, 6.07) is 0. The molecule has 0 atom stereocenters. The molecule has 0 aliphatic carbocycles. The summed E-state index contributed by atoms with van der Waals surface area (Å²) >= 11 is 0. The largest absolute Gasteiger partial charge is 0.453 e. The Balaban J connectivity index is 2.76. The Morgan fingerprint density at radius 1 is 1.75 bits per heavy atom. The molecule has 1 rings (SSSR count). The number of carbonyl (C=O) groups is 1. The molecule has 12 heavy (non-hydrogen) atoms. The van der Waals surface area contributed by atoms with Crippen LogP contribution in [0.15, 0.2) is 6.20 Å². The quantitative estimate of drug-likeness (QED) is 0.679. The Labute approximate surface area is 70.3 Å². The summed E-state index contributed by atoms with van der Waals surface area (Å²) in [7, 11) is 3.12. The van der Waals surface area contributed by atoms with Gasteiger partial charge in [-0.15, -0.1) is 0 Å². The molecule has 0 saturated heterocycles. The standard InChI is InChI=1S/C7H11N3O2/c1-5-6(4-8-10(5)2)9-7(11)12-3/h4H,1-3H3,(H,9,11). The molecule has 0 radical (unpaired) electrons. The minimum absolute atomic E-state index is 0.480. The van der Waals surface area contributed by atoms with E-state index in [0.717, 1.165) is 5.69 Å². The third-order valence-electron chi connectivity index (χ3n) is 1.66. The molecule has 0 aliphatic rings. The molecule has 1 N–H and O–H groups in total. The van der Waals surface area contributed by atoms with Crippen LogP contribution >= 0.6 is 0 Å². The lowest BCUT2D eigenvalue weighted by atomic mass is 10.4. The zero-order valence-corrected chi connectivity index (χ0v) is 7.29. The summed E-state index contributed by atoms with van der Waals surface area (Å²) in [6.07, 6.45) is 1.10. The molecule has 0 fully saturated rings. The Morgan fingerprint density at radius 2 is 2.42 bits per heavy atom. The van der Waals surface area contributed by atoms with E-state index in [-0.39, 0.29) is 0 Å². The van der Waals surface area contributed by atoms with Crippen LogP contribution in [0, 0.1) is 6.92 Å². The SMILES string of the molecule is COC(=O)Nc1cnn(C)c1C. The molecule has 1 aromatic rings.